The van der Waals surface area contributed by atoms with Crippen LogP contribution in [0.15, 0.2) is 11.4 Å². The van der Waals surface area contributed by atoms with Crippen LogP contribution in [0.25, 0.3) is 0 Å². The predicted molar refractivity (Wildman–Crippen MR) is 44.5 cm³/mol. The van der Waals surface area contributed by atoms with Crippen LogP contribution in [0.1, 0.15) is 16.9 Å². The van der Waals surface area contributed by atoms with Gasteiger partial charge in [0, 0.05) is 11.3 Å². The van der Waals surface area contributed by atoms with E-state index in [4.69, 9.17) is 0 Å². The van der Waals surface area contributed by atoms with Crippen molar-refractivity contribution in [2.45, 2.75) is 19.4 Å². The van der Waals surface area contributed by atoms with Gasteiger partial charge in [-0.3, -0.25) is 4.79 Å². The lowest BCUT2D eigenvalue weighted by Gasteiger charge is -1.95. The monoisotopic (exact) mass is 167 g/mol. The van der Waals surface area contributed by atoms with Crippen LogP contribution in [0.2, 0.25) is 0 Å². The van der Waals surface area contributed by atoms with Crippen LogP contribution in [-0.4, -0.2) is 5.91 Å². The second kappa shape index (κ2) is 2.66. The summed E-state index contributed by atoms with van der Waals surface area (Å²) in [5.74, 6) is 0.174. The number of nitrogens with one attached hydrogen (secondary N) is 1. The molecule has 2 nitrogen and oxygen atoms in total. The van der Waals surface area contributed by atoms with Gasteiger partial charge in [-0.1, -0.05) is 0 Å². The van der Waals surface area contributed by atoms with Crippen molar-refractivity contribution in [3.05, 3.63) is 21.9 Å². The standard InChI is InChI=1S/C8H9NOS/c10-8-2-1-6-3-4-11-7(6)5-9-8/h3-4H,1-2,5H2,(H,9,10). The molecular weight excluding hydrogens is 158 g/mol. The molecule has 3 heteroatoms. The fourth-order valence-electron chi connectivity index (χ4n) is 1.26. The topological polar surface area (TPSA) is 29.1 Å². The van der Waals surface area contributed by atoms with Crippen LogP contribution >= 0.6 is 11.3 Å². The van der Waals surface area contributed by atoms with Crippen LogP contribution in [0.5, 0.6) is 0 Å². The minimum absolute atomic E-state index is 0.174. The number of amides is 1. The predicted octanol–water partition coefficient (Wildman–Crippen LogP) is 1.31. The van der Waals surface area contributed by atoms with Gasteiger partial charge in [0.15, 0.2) is 0 Å². The fourth-order valence-corrected chi connectivity index (χ4v) is 2.13. The summed E-state index contributed by atoms with van der Waals surface area (Å²) in [5.41, 5.74) is 1.34. The summed E-state index contributed by atoms with van der Waals surface area (Å²) in [5, 5.41) is 4.94. The molecule has 0 bridgehead atoms. The van der Waals surface area contributed by atoms with Crippen molar-refractivity contribution in [1.82, 2.24) is 5.32 Å². The van der Waals surface area contributed by atoms with Gasteiger partial charge in [-0.2, -0.15) is 0 Å². The molecule has 0 spiro atoms. The van der Waals surface area contributed by atoms with Crippen LogP contribution < -0.4 is 5.32 Å². The maximum absolute atomic E-state index is 10.9. The highest BCUT2D eigenvalue weighted by Crippen LogP contribution is 2.20. The van der Waals surface area contributed by atoms with E-state index in [0.29, 0.717) is 6.42 Å². The maximum Gasteiger partial charge on any atom is 0.220 e. The lowest BCUT2D eigenvalue weighted by Crippen LogP contribution is -2.19. The Labute approximate surface area is 69.2 Å². The molecule has 1 amide bonds. The van der Waals surface area contributed by atoms with Gasteiger partial charge in [0.25, 0.3) is 0 Å². The van der Waals surface area contributed by atoms with Crippen molar-refractivity contribution in [1.29, 1.82) is 0 Å². The molecule has 0 aliphatic carbocycles. The van der Waals surface area contributed by atoms with Crippen LogP contribution in [0.4, 0.5) is 0 Å². The molecule has 0 atom stereocenters. The molecule has 0 saturated carbocycles. The Morgan fingerprint density at radius 2 is 2.36 bits per heavy atom. The average molecular weight is 167 g/mol. The molecule has 1 N–H and O–H groups in total. The number of hydrogen-bond donors (Lipinski definition) is 1. The first kappa shape index (κ1) is 6.85. The van der Waals surface area contributed by atoms with E-state index < -0.39 is 0 Å². The lowest BCUT2D eigenvalue weighted by atomic mass is 10.1. The first-order chi connectivity index (χ1) is 5.36. The minimum Gasteiger partial charge on any atom is -0.351 e. The van der Waals surface area contributed by atoms with Gasteiger partial charge >= 0.3 is 0 Å². The fraction of sp³-hybridized carbons (Fsp3) is 0.375. The van der Waals surface area contributed by atoms with Crippen molar-refractivity contribution in [3.8, 4) is 0 Å². The van der Waals surface area contributed by atoms with Crippen molar-refractivity contribution in [2.75, 3.05) is 0 Å². The summed E-state index contributed by atoms with van der Waals surface area (Å²) in [4.78, 5) is 12.3. The quantitative estimate of drug-likeness (QED) is 0.620. The number of thiophene rings is 1. The van der Waals surface area contributed by atoms with Gasteiger partial charge in [-0.25, -0.2) is 0 Å². The van der Waals surface area contributed by atoms with Gasteiger partial charge in [0.1, 0.15) is 0 Å². The number of carbonyl (C=O) groups excluding carboxylic acids is 1. The normalized spacial score (nSPS) is 16.9. The Balaban J connectivity index is 2.27. The van der Waals surface area contributed by atoms with Gasteiger partial charge in [0.2, 0.25) is 5.91 Å². The Kier molecular flexibility index (Phi) is 1.66. The summed E-state index contributed by atoms with van der Waals surface area (Å²) >= 11 is 1.73. The molecule has 2 heterocycles. The van der Waals surface area contributed by atoms with Gasteiger partial charge in [-0.15, -0.1) is 11.3 Å². The number of hydrogen-bond acceptors (Lipinski definition) is 2. The Bertz CT molecular complexity index is 255. The highest BCUT2D eigenvalue weighted by Gasteiger charge is 2.12. The molecule has 58 valence electrons. The third-order valence-corrected chi connectivity index (χ3v) is 2.87. The molecule has 1 aromatic heterocycles. The zero-order chi connectivity index (χ0) is 7.68. The van der Waals surface area contributed by atoms with Gasteiger partial charge in [-0.05, 0) is 23.4 Å². The van der Waals surface area contributed by atoms with E-state index in [0.717, 1.165) is 13.0 Å². The van der Waals surface area contributed by atoms with Crippen molar-refractivity contribution in [2.24, 2.45) is 0 Å². The molecule has 0 saturated heterocycles. The SMILES string of the molecule is O=C1CCc2ccsc2CN1. The molecular formula is C8H9NOS. The largest absolute Gasteiger partial charge is 0.351 e. The maximum atomic E-state index is 10.9. The molecule has 2 rings (SSSR count). The lowest BCUT2D eigenvalue weighted by molar-refractivity contribution is -0.121. The van der Waals surface area contributed by atoms with E-state index >= 15 is 0 Å². The first-order valence-corrected chi connectivity index (χ1v) is 4.56. The smallest absolute Gasteiger partial charge is 0.220 e. The summed E-state index contributed by atoms with van der Waals surface area (Å²) in [7, 11) is 0. The third-order valence-electron chi connectivity index (χ3n) is 1.91. The van der Waals surface area contributed by atoms with Crippen LogP contribution in [0.3, 0.4) is 0 Å². The Morgan fingerprint density at radius 1 is 1.45 bits per heavy atom. The molecule has 0 aromatic carbocycles. The number of fused-ring (bicyclic) bond motifs is 1. The number of carbonyl (C=O) groups is 1. The summed E-state index contributed by atoms with van der Waals surface area (Å²) in [6.45, 7) is 0.728. The molecule has 0 fully saturated rings. The number of aryl methyl sites for hydroxylation is 1. The van der Waals surface area contributed by atoms with Crippen molar-refractivity contribution < 1.29 is 4.79 Å². The van der Waals surface area contributed by atoms with Gasteiger partial charge in [0.05, 0.1) is 6.54 Å². The van der Waals surface area contributed by atoms with E-state index in [1.807, 2.05) is 0 Å². The number of rotatable bonds is 0. The molecule has 0 radical (unpaired) electrons. The van der Waals surface area contributed by atoms with Crippen LogP contribution in [-0.2, 0) is 17.8 Å². The summed E-state index contributed by atoms with van der Waals surface area (Å²) in [6, 6.07) is 2.11. The van der Waals surface area contributed by atoms with E-state index in [2.05, 4.69) is 16.8 Å². The molecule has 0 unspecified atom stereocenters. The zero-order valence-corrected chi connectivity index (χ0v) is 6.91. The summed E-state index contributed by atoms with van der Waals surface area (Å²) < 4.78 is 0. The third kappa shape index (κ3) is 1.28. The second-order valence-electron chi connectivity index (χ2n) is 2.65. The average Bonchev–Trinajstić information content (AvgIpc) is 2.38. The van der Waals surface area contributed by atoms with E-state index in [1.54, 1.807) is 11.3 Å². The first-order valence-electron chi connectivity index (χ1n) is 3.68. The molecule has 11 heavy (non-hydrogen) atoms. The van der Waals surface area contributed by atoms with E-state index in [-0.39, 0.29) is 5.91 Å². The molecule has 1 aliphatic rings. The molecule has 1 aromatic rings. The van der Waals surface area contributed by atoms with Gasteiger partial charge < -0.3 is 5.32 Å². The highest BCUT2D eigenvalue weighted by molar-refractivity contribution is 7.10. The van der Waals surface area contributed by atoms with E-state index in [1.165, 1.54) is 10.4 Å². The highest BCUT2D eigenvalue weighted by atomic mass is 32.1. The zero-order valence-electron chi connectivity index (χ0n) is 6.09. The Hall–Kier alpha value is -0.830. The minimum atomic E-state index is 0.174. The van der Waals surface area contributed by atoms with Crippen molar-refractivity contribution >= 4 is 17.2 Å². The molecule has 1 aliphatic heterocycles. The second-order valence-corrected chi connectivity index (χ2v) is 3.65. The van der Waals surface area contributed by atoms with Crippen molar-refractivity contribution in [3.63, 3.8) is 0 Å². The van der Waals surface area contributed by atoms with Crippen LogP contribution in [0, 0.1) is 0 Å². The van der Waals surface area contributed by atoms with E-state index in [9.17, 15) is 4.79 Å². The summed E-state index contributed by atoms with van der Waals surface area (Å²) in [6.07, 6.45) is 1.55. The Morgan fingerprint density at radius 3 is 3.27 bits per heavy atom.